The Balaban J connectivity index is 0.00000252. The van der Waals surface area contributed by atoms with Crippen LogP contribution >= 0.6 is 0 Å². The Kier molecular flexibility index (Phi) is 5.40. The number of nitrogens with one attached hydrogen (secondary N) is 2. The Morgan fingerprint density at radius 1 is 1.14 bits per heavy atom. The Labute approximate surface area is 214 Å². The molecule has 2 aliphatic heterocycles. The van der Waals surface area contributed by atoms with Gasteiger partial charge in [0, 0.05) is 29.6 Å². The quantitative estimate of drug-likeness (QED) is 0.579. The molecule has 3 heterocycles. The normalized spacial score (nSPS) is 24.6. The molecule has 2 aliphatic carbocycles. The van der Waals surface area contributed by atoms with Gasteiger partial charge in [-0.2, -0.15) is 0 Å². The van der Waals surface area contributed by atoms with Crippen LogP contribution in [0.4, 0.5) is 11.5 Å². The first kappa shape index (κ1) is 23.4. The zero-order chi connectivity index (χ0) is 24.4. The van der Waals surface area contributed by atoms with E-state index in [1.54, 1.807) is 6.20 Å². The minimum atomic E-state index is -0.620. The van der Waals surface area contributed by atoms with Crippen LogP contribution in [0.2, 0.25) is 0 Å². The molecule has 7 rings (SSSR count). The number of morpholine rings is 1. The van der Waals surface area contributed by atoms with Crippen LogP contribution in [-0.2, 0) is 39.0 Å². The second-order valence-electron chi connectivity index (χ2n) is 10.2. The predicted molar refractivity (Wildman–Crippen MR) is 139 cm³/mol. The smallest absolute Gasteiger partial charge is 0.243 e. The van der Waals surface area contributed by atoms with E-state index < -0.39 is 5.41 Å². The summed E-state index contributed by atoms with van der Waals surface area (Å²) in [5.74, 6) is 0.554. The molecule has 1 spiro atoms. The molecule has 188 valence electrons. The fourth-order valence-electron chi connectivity index (χ4n) is 6.45. The lowest BCUT2D eigenvalue weighted by atomic mass is 9.79. The first-order chi connectivity index (χ1) is 17.5. The SMILES string of the molecule is C=C1CO[C@H]2Cc3ccccc3[C@H]2N1CC(=O)Nc1ccc2c(c1)C[C@@]1(C2)C(=O)Nc2ncccc21.O. The van der Waals surface area contributed by atoms with Gasteiger partial charge in [0.1, 0.15) is 5.82 Å². The number of anilines is 2. The van der Waals surface area contributed by atoms with Crippen molar-refractivity contribution in [2.24, 2.45) is 0 Å². The number of fused-ring (bicyclic) bond motifs is 6. The van der Waals surface area contributed by atoms with Crippen LogP contribution in [0, 0.1) is 0 Å². The molecule has 3 atom stereocenters. The molecular formula is C29H28N4O4. The van der Waals surface area contributed by atoms with E-state index in [-0.39, 0.29) is 36.0 Å². The molecule has 1 saturated heterocycles. The lowest BCUT2D eigenvalue weighted by molar-refractivity contribution is -0.121. The van der Waals surface area contributed by atoms with Crippen LogP contribution in [-0.4, -0.2) is 46.4 Å². The summed E-state index contributed by atoms with van der Waals surface area (Å²) in [4.78, 5) is 32.6. The Hall–Kier alpha value is -4.01. The molecule has 4 aliphatic rings. The second-order valence-corrected chi connectivity index (χ2v) is 10.2. The van der Waals surface area contributed by atoms with Crippen molar-refractivity contribution in [2.75, 3.05) is 23.8 Å². The van der Waals surface area contributed by atoms with Gasteiger partial charge in [-0.05, 0) is 53.3 Å². The van der Waals surface area contributed by atoms with Gasteiger partial charge in [0.2, 0.25) is 11.8 Å². The molecule has 2 amide bonds. The number of carbonyl (C=O) groups is 2. The van der Waals surface area contributed by atoms with E-state index in [9.17, 15) is 9.59 Å². The van der Waals surface area contributed by atoms with Crippen molar-refractivity contribution in [1.29, 1.82) is 0 Å². The first-order valence-electron chi connectivity index (χ1n) is 12.3. The first-order valence-corrected chi connectivity index (χ1v) is 12.3. The van der Waals surface area contributed by atoms with Gasteiger partial charge in [0.15, 0.2) is 0 Å². The summed E-state index contributed by atoms with van der Waals surface area (Å²) in [6.07, 6.45) is 3.81. The van der Waals surface area contributed by atoms with Gasteiger partial charge in [-0.15, -0.1) is 0 Å². The molecule has 0 unspecified atom stereocenters. The lowest BCUT2D eigenvalue weighted by Crippen LogP contribution is -2.44. The molecule has 37 heavy (non-hydrogen) atoms. The topological polar surface area (TPSA) is 115 Å². The minimum absolute atomic E-state index is 0. The molecule has 8 heteroatoms. The van der Waals surface area contributed by atoms with Gasteiger partial charge < -0.3 is 25.7 Å². The van der Waals surface area contributed by atoms with E-state index in [0.717, 1.165) is 34.5 Å². The standard InChI is InChI=1S/C29H26N4O3.H2O/c1-17-16-36-24-12-18-5-2-3-6-22(18)26(24)33(17)15-25(34)31-21-9-8-19-13-29(14-20(19)11-21)23-7-4-10-30-27(23)32-28(29)35;/h2-11,24,26H,1,12-16H2,(H,31,34)(H,30,32,35);1H2/t24-,26+,29+;/m0./s1. The molecule has 8 nitrogen and oxygen atoms in total. The largest absolute Gasteiger partial charge is 0.412 e. The molecular weight excluding hydrogens is 468 g/mol. The summed E-state index contributed by atoms with van der Waals surface area (Å²) in [7, 11) is 0. The van der Waals surface area contributed by atoms with E-state index in [0.29, 0.717) is 25.3 Å². The Bertz CT molecular complexity index is 1450. The summed E-state index contributed by atoms with van der Waals surface area (Å²) < 4.78 is 6.05. The number of carbonyl (C=O) groups excluding carboxylic acids is 2. The van der Waals surface area contributed by atoms with Gasteiger partial charge >= 0.3 is 0 Å². The summed E-state index contributed by atoms with van der Waals surface area (Å²) >= 11 is 0. The summed E-state index contributed by atoms with van der Waals surface area (Å²) in [5, 5.41) is 6.02. The molecule has 0 bridgehead atoms. The van der Waals surface area contributed by atoms with Crippen LogP contribution in [0.5, 0.6) is 0 Å². The number of nitrogens with zero attached hydrogens (tertiary/aromatic N) is 2. The van der Waals surface area contributed by atoms with Crippen molar-refractivity contribution in [3.8, 4) is 0 Å². The predicted octanol–water partition coefficient (Wildman–Crippen LogP) is 2.70. The number of amides is 2. The fourth-order valence-corrected chi connectivity index (χ4v) is 6.45. The van der Waals surface area contributed by atoms with E-state index >= 15 is 0 Å². The number of pyridine rings is 1. The molecule has 1 aromatic heterocycles. The summed E-state index contributed by atoms with van der Waals surface area (Å²) in [5.41, 5.74) is 6.59. The molecule has 2 aromatic carbocycles. The Morgan fingerprint density at radius 3 is 2.86 bits per heavy atom. The lowest BCUT2D eigenvalue weighted by Gasteiger charge is -2.40. The Morgan fingerprint density at radius 2 is 1.97 bits per heavy atom. The van der Waals surface area contributed by atoms with Crippen molar-refractivity contribution in [3.05, 3.63) is 101 Å². The highest BCUT2D eigenvalue weighted by atomic mass is 16.5. The van der Waals surface area contributed by atoms with Crippen LogP contribution < -0.4 is 10.6 Å². The molecule has 0 radical (unpaired) electrons. The number of rotatable bonds is 3. The third kappa shape index (κ3) is 3.55. The number of hydrogen-bond acceptors (Lipinski definition) is 5. The molecule has 1 fully saturated rings. The molecule has 3 aromatic rings. The minimum Gasteiger partial charge on any atom is -0.412 e. The zero-order valence-electron chi connectivity index (χ0n) is 20.3. The van der Waals surface area contributed by atoms with Crippen molar-refractivity contribution >= 4 is 23.3 Å². The van der Waals surface area contributed by atoms with Crippen molar-refractivity contribution < 1.29 is 19.8 Å². The maximum absolute atomic E-state index is 13.2. The van der Waals surface area contributed by atoms with E-state index in [4.69, 9.17) is 4.74 Å². The number of hydrogen-bond donors (Lipinski definition) is 2. The fraction of sp³-hybridized carbons (Fsp3) is 0.276. The van der Waals surface area contributed by atoms with E-state index in [2.05, 4.69) is 39.2 Å². The van der Waals surface area contributed by atoms with E-state index in [1.807, 2.05) is 42.5 Å². The zero-order valence-corrected chi connectivity index (χ0v) is 20.3. The summed E-state index contributed by atoms with van der Waals surface area (Å²) in [6, 6.07) is 18.2. The van der Waals surface area contributed by atoms with Crippen molar-refractivity contribution in [1.82, 2.24) is 9.88 Å². The van der Waals surface area contributed by atoms with Gasteiger partial charge in [-0.3, -0.25) is 9.59 Å². The average molecular weight is 497 g/mol. The highest BCUT2D eigenvalue weighted by Gasteiger charge is 2.51. The maximum atomic E-state index is 13.2. The third-order valence-electron chi connectivity index (χ3n) is 8.13. The monoisotopic (exact) mass is 496 g/mol. The van der Waals surface area contributed by atoms with Gasteiger partial charge in [-0.1, -0.05) is 43.0 Å². The van der Waals surface area contributed by atoms with Crippen molar-refractivity contribution in [2.45, 2.75) is 36.8 Å². The van der Waals surface area contributed by atoms with Crippen LogP contribution in [0.1, 0.15) is 33.9 Å². The van der Waals surface area contributed by atoms with Crippen molar-refractivity contribution in [3.63, 3.8) is 0 Å². The number of aromatic nitrogens is 1. The highest BCUT2D eigenvalue weighted by Crippen LogP contribution is 2.47. The van der Waals surface area contributed by atoms with Gasteiger partial charge in [0.25, 0.3) is 0 Å². The number of benzene rings is 2. The van der Waals surface area contributed by atoms with Crippen LogP contribution in [0.3, 0.4) is 0 Å². The third-order valence-corrected chi connectivity index (χ3v) is 8.13. The number of ether oxygens (including phenoxy) is 1. The van der Waals surface area contributed by atoms with Gasteiger partial charge in [-0.25, -0.2) is 4.98 Å². The molecule has 4 N–H and O–H groups in total. The maximum Gasteiger partial charge on any atom is 0.243 e. The van der Waals surface area contributed by atoms with Crippen LogP contribution in [0.25, 0.3) is 0 Å². The van der Waals surface area contributed by atoms with Gasteiger partial charge in [0.05, 0.1) is 30.7 Å². The average Bonchev–Trinajstić information content (AvgIpc) is 3.52. The van der Waals surface area contributed by atoms with Crippen LogP contribution in [0.15, 0.2) is 73.1 Å². The molecule has 0 saturated carbocycles. The second kappa shape index (κ2) is 8.54. The summed E-state index contributed by atoms with van der Waals surface area (Å²) in [6.45, 7) is 4.82. The van der Waals surface area contributed by atoms with E-state index in [1.165, 1.54) is 11.1 Å². The highest BCUT2D eigenvalue weighted by molar-refractivity contribution is 6.06.